The summed E-state index contributed by atoms with van der Waals surface area (Å²) in [7, 11) is 0. The van der Waals surface area contributed by atoms with E-state index in [2.05, 4.69) is 5.32 Å². The Labute approximate surface area is 133 Å². The number of fused-ring (bicyclic) bond motifs is 1. The van der Waals surface area contributed by atoms with Crippen molar-refractivity contribution in [2.75, 3.05) is 6.61 Å². The van der Waals surface area contributed by atoms with Crippen molar-refractivity contribution in [1.29, 1.82) is 0 Å². The van der Waals surface area contributed by atoms with E-state index in [1.54, 1.807) is 18.7 Å². The normalized spacial score (nSPS) is 16.4. The van der Waals surface area contributed by atoms with Crippen LogP contribution in [0, 0.1) is 0 Å². The fraction of sp³-hybridized carbons (Fsp3) is 0.176. The highest BCUT2D eigenvalue weighted by molar-refractivity contribution is 8.00. The first kappa shape index (κ1) is 14.7. The van der Waals surface area contributed by atoms with Gasteiger partial charge < -0.3 is 10.1 Å². The van der Waals surface area contributed by atoms with Gasteiger partial charge >= 0.3 is 6.09 Å². The SMILES string of the molecule is CCOC(=O)NC1Sc2ccccc2N=C1c1ccccc1. The number of carbonyl (C=O) groups excluding carboxylic acids is 1. The van der Waals surface area contributed by atoms with Crippen molar-refractivity contribution in [3.8, 4) is 0 Å². The molecule has 1 unspecified atom stereocenters. The van der Waals surface area contributed by atoms with Gasteiger partial charge in [0, 0.05) is 4.90 Å². The van der Waals surface area contributed by atoms with Gasteiger partial charge in [-0.15, -0.1) is 0 Å². The second-order valence-electron chi connectivity index (χ2n) is 4.69. The average Bonchev–Trinajstić information content (AvgIpc) is 2.55. The zero-order valence-corrected chi connectivity index (χ0v) is 13.0. The van der Waals surface area contributed by atoms with Gasteiger partial charge in [-0.2, -0.15) is 0 Å². The number of alkyl carbamates (subject to hydrolysis) is 1. The quantitative estimate of drug-likeness (QED) is 0.932. The molecule has 1 atom stereocenters. The van der Waals surface area contributed by atoms with E-state index in [9.17, 15) is 4.79 Å². The maximum Gasteiger partial charge on any atom is 0.408 e. The van der Waals surface area contributed by atoms with Crippen LogP contribution in [0.15, 0.2) is 64.5 Å². The van der Waals surface area contributed by atoms with Crippen LogP contribution in [-0.2, 0) is 4.74 Å². The molecule has 2 aromatic carbocycles. The Hall–Kier alpha value is -2.27. The third kappa shape index (κ3) is 3.14. The summed E-state index contributed by atoms with van der Waals surface area (Å²) in [4.78, 5) is 17.6. The molecule has 0 bridgehead atoms. The van der Waals surface area contributed by atoms with Crippen LogP contribution < -0.4 is 5.32 Å². The number of rotatable bonds is 3. The number of hydrogen-bond acceptors (Lipinski definition) is 4. The van der Waals surface area contributed by atoms with E-state index >= 15 is 0 Å². The van der Waals surface area contributed by atoms with E-state index < -0.39 is 6.09 Å². The van der Waals surface area contributed by atoms with Crippen molar-refractivity contribution < 1.29 is 9.53 Å². The lowest BCUT2D eigenvalue weighted by atomic mass is 10.1. The molecule has 0 spiro atoms. The van der Waals surface area contributed by atoms with Gasteiger partial charge in [0.2, 0.25) is 0 Å². The number of amides is 1. The van der Waals surface area contributed by atoms with E-state index in [1.165, 1.54) is 0 Å². The minimum absolute atomic E-state index is 0.267. The summed E-state index contributed by atoms with van der Waals surface area (Å²) in [6, 6.07) is 17.8. The number of aliphatic imine (C=N–C) groups is 1. The minimum atomic E-state index is -0.428. The van der Waals surface area contributed by atoms with Gasteiger partial charge in [-0.25, -0.2) is 9.79 Å². The molecule has 0 saturated heterocycles. The van der Waals surface area contributed by atoms with Crippen LogP contribution in [0.25, 0.3) is 0 Å². The molecule has 1 aliphatic heterocycles. The highest BCUT2D eigenvalue weighted by Crippen LogP contribution is 2.38. The Morgan fingerprint density at radius 2 is 1.91 bits per heavy atom. The van der Waals surface area contributed by atoms with Gasteiger partial charge in [0.15, 0.2) is 0 Å². The Balaban J connectivity index is 1.96. The Kier molecular flexibility index (Phi) is 4.44. The van der Waals surface area contributed by atoms with Crippen molar-refractivity contribution in [1.82, 2.24) is 5.32 Å². The maximum absolute atomic E-state index is 11.8. The summed E-state index contributed by atoms with van der Waals surface area (Å²) < 4.78 is 5.00. The highest BCUT2D eigenvalue weighted by atomic mass is 32.2. The lowest BCUT2D eigenvalue weighted by Crippen LogP contribution is -2.40. The summed E-state index contributed by atoms with van der Waals surface area (Å²) in [6.07, 6.45) is -0.428. The molecular weight excluding hydrogens is 296 g/mol. The predicted molar refractivity (Wildman–Crippen MR) is 88.9 cm³/mol. The summed E-state index contributed by atoms with van der Waals surface area (Å²) in [5.74, 6) is 0. The van der Waals surface area contributed by atoms with Crippen LogP contribution in [0.3, 0.4) is 0 Å². The van der Waals surface area contributed by atoms with Crippen LogP contribution in [0.5, 0.6) is 0 Å². The second kappa shape index (κ2) is 6.66. The van der Waals surface area contributed by atoms with Gasteiger partial charge in [-0.05, 0) is 24.6 Å². The zero-order valence-electron chi connectivity index (χ0n) is 12.2. The predicted octanol–water partition coefficient (Wildman–Crippen LogP) is 3.99. The molecule has 22 heavy (non-hydrogen) atoms. The molecule has 0 aliphatic carbocycles. The van der Waals surface area contributed by atoms with Crippen LogP contribution >= 0.6 is 11.8 Å². The molecule has 0 fully saturated rings. The van der Waals surface area contributed by atoms with E-state index in [-0.39, 0.29) is 5.37 Å². The number of nitrogens with zero attached hydrogens (tertiary/aromatic N) is 1. The number of para-hydroxylation sites is 1. The fourth-order valence-corrected chi connectivity index (χ4v) is 3.32. The van der Waals surface area contributed by atoms with Crippen LogP contribution in [0.4, 0.5) is 10.5 Å². The Morgan fingerprint density at radius 1 is 1.18 bits per heavy atom. The first-order valence-corrected chi connectivity index (χ1v) is 7.99. The number of benzene rings is 2. The number of nitrogens with one attached hydrogen (secondary N) is 1. The van der Waals surface area contributed by atoms with E-state index in [4.69, 9.17) is 9.73 Å². The average molecular weight is 312 g/mol. The lowest BCUT2D eigenvalue weighted by Gasteiger charge is -2.25. The van der Waals surface area contributed by atoms with Gasteiger partial charge in [0.1, 0.15) is 5.37 Å². The van der Waals surface area contributed by atoms with Gasteiger partial charge in [-0.1, -0.05) is 54.2 Å². The summed E-state index contributed by atoms with van der Waals surface area (Å²) in [5.41, 5.74) is 2.75. The molecule has 3 rings (SSSR count). The largest absolute Gasteiger partial charge is 0.450 e. The standard InChI is InChI=1S/C17H16N2O2S/c1-2-21-17(20)19-16-15(12-8-4-3-5-9-12)18-13-10-6-7-11-14(13)22-16/h3-11,16H,2H2,1H3,(H,19,20). The smallest absolute Gasteiger partial charge is 0.408 e. The van der Waals surface area contributed by atoms with Crippen LogP contribution in [-0.4, -0.2) is 23.8 Å². The first-order chi connectivity index (χ1) is 10.8. The summed E-state index contributed by atoms with van der Waals surface area (Å²) in [6.45, 7) is 2.13. The van der Waals surface area contributed by atoms with Gasteiger partial charge in [0.05, 0.1) is 18.0 Å². The Bertz CT molecular complexity index is 701. The number of carbonyl (C=O) groups is 1. The third-order valence-corrected chi connectivity index (χ3v) is 4.37. The third-order valence-electron chi connectivity index (χ3n) is 3.19. The first-order valence-electron chi connectivity index (χ1n) is 7.11. The molecule has 0 saturated carbocycles. The fourth-order valence-electron chi connectivity index (χ4n) is 2.22. The van der Waals surface area contributed by atoms with Crippen molar-refractivity contribution in [3.05, 3.63) is 60.2 Å². The molecule has 1 amide bonds. The monoisotopic (exact) mass is 312 g/mol. The lowest BCUT2D eigenvalue weighted by molar-refractivity contribution is 0.153. The summed E-state index contributed by atoms with van der Waals surface area (Å²) in [5, 5.41) is 2.61. The number of ether oxygens (including phenoxy) is 1. The molecule has 4 nitrogen and oxygen atoms in total. The van der Waals surface area contributed by atoms with Crippen molar-refractivity contribution in [2.45, 2.75) is 17.2 Å². The Morgan fingerprint density at radius 3 is 2.68 bits per heavy atom. The van der Waals surface area contributed by atoms with Crippen molar-refractivity contribution in [2.24, 2.45) is 4.99 Å². The molecule has 2 aromatic rings. The van der Waals surface area contributed by atoms with E-state index in [1.807, 2.05) is 54.6 Å². The molecule has 0 radical (unpaired) electrons. The second-order valence-corrected chi connectivity index (χ2v) is 5.84. The highest BCUT2D eigenvalue weighted by Gasteiger charge is 2.26. The maximum atomic E-state index is 11.8. The molecule has 112 valence electrons. The van der Waals surface area contributed by atoms with Gasteiger partial charge in [-0.3, -0.25) is 0 Å². The van der Waals surface area contributed by atoms with Gasteiger partial charge in [0.25, 0.3) is 0 Å². The topological polar surface area (TPSA) is 50.7 Å². The molecule has 0 aromatic heterocycles. The minimum Gasteiger partial charge on any atom is -0.450 e. The number of hydrogen-bond donors (Lipinski definition) is 1. The van der Waals surface area contributed by atoms with Crippen molar-refractivity contribution >= 4 is 29.3 Å². The van der Waals surface area contributed by atoms with E-state index in [0.29, 0.717) is 6.61 Å². The molecule has 1 N–H and O–H groups in total. The molecular formula is C17H16N2O2S. The molecule has 5 heteroatoms. The zero-order chi connectivity index (χ0) is 15.4. The molecule has 1 aliphatic rings. The molecule has 1 heterocycles. The van der Waals surface area contributed by atoms with Crippen LogP contribution in [0.2, 0.25) is 0 Å². The van der Waals surface area contributed by atoms with Crippen LogP contribution in [0.1, 0.15) is 12.5 Å². The number of thioether (sulfide) groups is 1. The van der Waals surface area contributed by atoms with E-state index in [0.717, 1.165) is 21.9 Å². The summed E-state index contributed by atoms with van der Waals surface area (Å²) >= 11 is 1.57. The van der Waals surface area contributed by atoms with Crippen molar-refractivity contribution in [3.63, 3.8) is 0 Å².